The lowest BCUT2D eigenvalue weighted by molar-refractivity contribution is 0.840. The lowest BCUT2D eigenvalue weighted by Crippen LogP contribution is -2.13. The van der Waals surface area contributed by atoms with Crippen molar-refractivity contribution >= 4 is 149 Å². The molecule has 6 aliphatic rings. The summed E-state index contributed by atoms with van der Waals surface area (Å²) in [6.07, 6.45) is 3.48. The third kappa shape index (κ3) is 21.4. The molecule has 15 heterocycles. The SMILES string of the molecule is C1=CC2N=C1N=c1ccc([nH]1)=Nc1ccc([nH]1)N=c1ccc([nH]1)=N2.CC.CC.CC.CC.CC.CC.CC.CC.CC.CC.CC.CC.c1ccc2c(c1)-c1nc-2nc2[nH]c(nc3nc(nc4[nH]c(n1)c1ccccc41)-c1ccccc1-3)c1ccccc21.c1ccc2cc3c(cc2c1)-c1nc-3nc2[nH]c(nc3nc(nc4[nH]c(n1)c1cc5ccccc5cc41)-c1cc4ccccc4cc1-3)c1cc3ccccc3cc21. The number of rotatable bonds is 0. The minimum atomic E-state index is -0.278. The molecular formula is C120H128N24. The van der Waals surface area contributed by atoms with Gasteiger partial charge in [0.1, 0.15) is 78.8 Å². The van der Waals surface area contributed by atoms with Gasteiger partial charge in [-0.15, -0.1) is 0 Å². The fourth-order valence-corrected chi connectivity index (χ4v) is 16.7. The molecule has 144 heavy (non-hydrogen) atoms. The zero-order valence-corrected chi connectivity index (χ0v) is 86.9. The van der Waals surface area contributed by atoms with E-state index >= 15 is 0 Å². The van der Waals surface area contributed by atoms with Crippen LogP contribution in [-0.4, -0.2) is 107 Å². The lowest BCUT2D eigenvalue weighted by atomic mass is 10.0. The predicted octanol–water partition coefficient (Wildman–Crippen LogP) is 30.8. The van der Waals surface area contributed by atoms with E-state index in [0.29, 0.717) is 126 Å². The van der Waals surface area contributed by atoms with Crippen molar-refractivity contribution in [2.45, 2.75) is 172 Å². The molecular weight excluding hydrogens is 1780 g/mol. The second-order valence-electron chi connectivity index (χ2n) is 29.8. The van der Waals surface area contributed by atoms with Gasteiger partial charge in [-0.1, -0.05) is 360 Å². The first-order chi connectivity index (χ1) is 71.3. The quantitative estimate of drug-likeness (QED) is 0.0745. The number of hydrogen-bond donors (Lipinski definition) is 7. The van der Waals surface area contributed by atoms with E-state index in [1.807, 2.05) is 312 Å². The lowest BCUT2D eigenvalue weighted by Gasteiger charge is -2.03. The van der Waals surface area contributed by atoms with Crippen molar-refractivity contribution in [1.29, 1.82) is 0 Å². The Kier molecular flexibility index (Phi) is 35.9. The normalized spacial score (nSPS) is 11.6. The number of benzene rings is 12. The molecule has 7 N–H and O–H groups in total. The van der Waals surface area contributed by atoms with Crippen LogP contribution in [0.3, 0.4) is 0 Å². The summed E-state index contributed by atoms with van der Waals surface area (Å²) < 4.78 is 0. The molecule has 728 valence electrons. The van der Waals surface area contributed by atoms with E-state index in [4.69, 9.17) is 59.8 Å². The summed E-state index contributed by atoms with van der Waals surface area (Å²) in [7, 11) is 0. The number of nitrogens with one attached hydrogen (secondary N) is 7. The number of H-pyrrole nitrogens is 7. The number of aromatic nitrogens is 19. The molecule has 1 unspecified atom stereocenters. The molecule has 0 spiro atoms. The van der Waals surface area contributed by atoms with Gasteiger partial charge in [-0.05, 0) is 140 Å². The van der Waals surface area contributed by atoms with Crippen LogP contribution < -0.4 is 22.0 Å². The number of fused-ring (bicyclic) bond motifs is 51. The van der Waals surface area contributed by atoms with Gasteiger partial charge in [0, 0.05) is 87.6 Å². The predicted molar refractivity (Wildman–Crippen MR) is 605 cm³/mol. The summed E-state index contributed by atoms with van der Waals surface area (Å²) in [6.45, 7) is 48.0. The maximum absolute atomic E-state index is 5.31. The molecule has 0 radical (unpaired) electrons. The Morgan fingerprint density at radius 1 is 0.174 bits per heavy atom. The fraction of sp³-hybridized carbons (Fsp3) is 0.208. The zero-order valence-electron chi connectivity index (χ0n) is 86.9. The average Bonchev–Trinajstić information content (AvgIpc) is 1.58. The maximum Gasteiger partial charge on any atom is 0.164 e. The number of aromatic amines is 7. The second-order valence-corrected chi connectivity index (χ2v) is 29.8. The van der Waals surface area contributed by atoms with Gasteiger partial charge in [0.25, 0.3) is 0 Å². The standard InChI is InChI=1S/C48H26N8.C32H18N8.C16H12N8.12C2H6/c1-2-10-26-18-34-33(17-25(26)9-1)41-49-42(34)54-44-37-21-29-13-5-6-14-30(29)22-38(37)46(51-44)56-48-40-24-32-16-8-7-15-31(32)23-39(40)47(52-48)55-45-36-20-28-12-4-3-11-27(28)19-35(36)43(50-45)53-41;1-2-10-18-17(9-1)25-33-26(18)38-28-21-13-5-6-14-22(21)30(35-28)40-32-24-16-8-7-15-23(24)31(36-32)39-29-20-12-4-3-11-19(20)27(34-29)37-25;1-2-10-17-9(1)21-11-3-4-13(18-11)23-15-7-8-16(20-15)24-14-6-5-12(19-14)22-10;12*1-2/h1-24H,(H2,49,50,51,52,53,54,55,56);1-16H,(H2,33,34,35,36,37,38,39,40);1-9,20H,(H,18,21,23)(H,17,19,22,24);12*1-2H3. The molecule has 24 nitrogen and oxygen atoms in total. The Morgan fingerprint density at radius 2 is 0.389 bits per heavy atom. The summed E-state index contributed by atoms with van der Waals surface area (Å²) in [4.78, 5) is 108. The van der Waals surface area contributed by atoms with Crippen molar-refractivity contribution in [3.05, 3.63) is 313 Å². The zero-order chi connectivity index (χ0) is 103. The van der Waals surface area contributed by atoms with E-state index in [-0.39, 0.29) is 6.17 Å². The summed E-state index contributed by atoms with van der Waals surface area (Å²) >= 11 is 0. The van der Waals surface area contributed by atoms with Gasteiger partial charge in [-0.25, -0.2) is 84.8 Å². The van der Waals surface area contributed by atoms with Crippen molar-refractivity contribution in [3.63, 3.8) is 0 Å². The van der Waals surface area contributed by atoms with E-state index in [1.54, 1.807) is 0 Å². The van der Waals surface area contributed by atoms with Crippen LogP contribution >= 0.6 is 0 Å². The monoisotopic (exact) mass is 1910 g/mol. The Hall–Kier alpha value is -17.2. The molecule has 0 aliphatic carbocycles. The van der Waals surface area contributed by atoms with E-state index in [0.717, 1.165) is 136 Å². The topological polar surface area (TPSA) is 327 Å². The van der Waals surface area contributed by atoms with E-state index in [1.165, 1.54) is 0 Å². The minimum absolute atomic E-state index is 0.278. The summed E-state index contributed by atoms with van der Waals surface area (Å²) in [5, 5.41) is 16.5. The maximum atomic E-state index is 5.31. The molecule has 0 saturated heterocycles. The highest BCUT2D eigenvalue weighted by atomic mass is 15.1. The Balaban J connectivity index is 0.000000173. The molecule has 9 aromatic heterocycles. The summed E-state index contributed by atoms with van der Waals surface area (Å²) in [6, 6.07) is 94.3. The van der Waals surface area contributed by atoms with Crippen LogP contribution in [0.25, 0.3) is 222 Å². The highest BCUT2D eigenvalue weighted by Crippen LogP contribution is 2.43. The average molecular weight is 1910 g/mol. The van der Waals surface area contributed by atoms with Crippen LogP contribution in [0.2, 0.25) is 0 Å². The molecule has 12 aromatic carbocycles. The van der Waals surface area contributed by atoms with E-state index in [9.17, 15) is 0 Å². The molecule has 27 rings (SSSR count). The van der Waals surface area contributed by atoms with Gasteiger partial charge in [-0.3, -0.25) is 0 Å². The minimum Gasteiger partial charge on any atom is -0.325 e. The Morgan fingerprint density at radius 3 is 0.660 bits per heavy atom. The summed E-state index contributed by atoms with van der Waals surface area (Å²) in [5.41, 5.74) is 15.6. The molecule has 24 bridgehead atoms. The van der Waals surface area contributed by atoms with Crippen molar-refractivity contribution in [2.24, 2.45) is 25.0 Å². The highest BCUT2D eigenvalue weighted by Gasteiger charge is 2.27. The van der Waals surface area contributed by atoms with Gasteiger partial charge < -0.3 is 34.9 Å². The van der Waals surface area contributed by atoms with Gasteiger partial charge in [-0.2, -0.15) is 0 Å². The van der Waals surface area contributed by atoms with Crippen molar-refractivity contribution in [3.8, 4) is 91.1 Å². The van der Waals surface area contributed by atoms with Crippen LogP contribution in [-0.2, 0) is 0 Å². The Bertz CT molecular complexity index is 8020. The smallest absolute Gasteiger partial charge is 0.164 e. The fourth-order valence-electron chi connectivity index (χ4n) is 16.7. The number of hydrogen-bond acceptors (Lipinski definition) is 17. The van der Waals surface area contributed by atoms with Gasteiger partial charge in [0.05, 0.1) is 0 Å². The molecule has 24 heteroatoms. The molecule has 0 saturated carbocycles. The van der Waals surface area contributed by atoms with Gasteiger partial charge in [0.15, 0.2) is 58.6 Å². The second kappa shape index (κ2) is 49.6. The molecule has 0 fully saturated rings. The van der Waals surface area contributed by atoms with E-state index < -0.39 is 0 Å². The van der Waals surface area contributed by atoms with Crippen molar-refractivity contribution in [1.82, 2.24) is 94.7 Å². The first-order valence-electron chi connectivity index (χ1n) is 51.1. The van der Waals surface area contributed by atoms with Gasteiger partial charge >= 0.3 is 0 Å². The van der Waals surface area contributed by atoms with E-state index in [2.05, 4.69) is 205 Å². The third-order valence-corrected chi connectivity index (χ3v) is 22.4. The first kappa shape index (κ1) is 104. The van der Waals surface area contributed by atoms with Crippen molar-refractivity contribution < 1.29 is 0 Å². The molecule has 21 aromatic rings. The first-order valence-corrected chi connectivity index (χ1v) is 51.1. The third-order valence-electron chi connectivity index (χ3n) is 22.4. The van der Waals surface area contributed by atoms with Crippen LogP contribution in [0.4, 0.5) is 11.6 Å². The van der Waals surface area contributed by atoms with Gasteiger partial charge in [0.2, 0.25) is 0 Å². The molecule has 1 atom stereocenters. The van der Waals surface area contributed by atoms with Crippen LogP contribution in [0.15, 0.2) is 316 Å². The number of aliphatic imine (C=N–C) groups is 1. The molecule has 6 aliphatic heterocycles. The van der Waals surface area contributed by atoms with Crippen molar-refractivity contribution in [2.75, 3.05) is 0 Å². The summed E-state index contributed by atoms with van der Waals surface area (Å²) in [5.74, 6) is 6.76. The highest BCUT2D eigenvalue weighted by molar-refractivity contribution is 6.14. The van der Waals surface area contributed by atoms with Crippen LogP contribution in [0, 0.1) is 0 Å². The Labute approximate surface area is 839 Å². The van der Waals surface area contributed by atoms with Crippen LogP contribution in [0.5, 0.6) is 0 Å². The largest absolute Gasteiger partial charge is 0.325 e. The van der Waals surface area contributed by atoms with Crippen LogP contribution in [0.1, 0.15) is 166 Å². The number of amidine groups is 1. The molecule has 0 amide bonds. The number of nitrogens with zero attached hydrogens (tertiary/aromatic N) is 17.